The predicted octanol–water partition coefficient (Wildman–Crippen LogP) is 4.91. The Bertz CT molecular complexity index is 1260. The number of benzene rings is 1. The first-order valence-electron chi connectivity index (χ1n) is 11.3. The minimum Gasteiger partial charge on any atom is -0.465 e. The summed E-state index contributed by atoms with van der Waals surface area (Å²) in [7, 11) is -3.91. The summed E-state index contributed by atoms with van der Waals surface area (Å²) >= 11 is 0. The van der Waals surface area contributed by atoms with Gasteiger partial charge in [0, 0.05) is 18.8 Å². The number of aromatic nitrogens is 1. The molecule has 0 bridgehead atoms. The number of carbonyl (C=O) groups is 1. The Morgan fingerprint density at radius 1 is 1.21 bits per heavy atom. The van der Waals surface area contributed by atoms with Crippen LogP contribution in [0.25, 0.3) is 12.2 Å². The van der Waals surface area contributed by atoms with Gasteiger partial charge in [0.05, 0.1) is 12.2 Å². The first-order chi connectivity index (χ1) is 16.3. The van der Waals surface area contributed by atoms with Crippen LogP contribution in [0.2, 0.25) is 0 Å². The molecule has 0 saturated carbocycles. The van der Waals surface area contributed by atoms with E-state index in [0.29, 0.717) is 36.8 Å². The van der Waals surface area contributed by atoms with Crippen molar-refractivity contribution >= 4 is 33.8 Å². The lowest BCUT2D eigenvalue weighted by Crippen LogP contribution is -2.43. The van der Waals surface area contributed by atoms with E-state index in [1.165, 1.54) is 22.2 Å². The summed E-state index contributed by atoms with van der Waals surface area (Å²) in [6, 6.07) is 11.2. The van der Waals surface area contributed by atoms with Gasteiger partial charge >= 0.3 is 0 Å². The Balaban J connectivity index is 1.49. The fraction of sp³-hybridized carbons (Fsp3) is 0.360. The van der Waals surface area contributed by atoms with Crippen molar-refractivity contribution < 1.29 is 22.2 Å². The van der Waals surface area contributed by atoms with Crippen LogP contribution in [0.3, 0.4) is 0 Å². The number of nitrogens with zero attached hydrogens (tertiary/aromatic N) is 2. The van der Waals surface area contributed by atoms with Crippen molar-refractivity contribution in [3.8, 4) is 0 Å². The van der Waals surface area contributed by atoms with Gasteiger partial charge in [0.1, 0.15) is 11.5 Å². The minimum absolute atomic E-state index is 0.0145. The maximum absolute atomic E-state index is 13.5. The second kappa shape index (κ2) is 9.99. The van der Waals surface area contributed by atoms with Gasteiger partial charge in [-0.1, -0.05) is 31.1 Å². The highest BCUT2D eigenvalue weighted by Crippen LogP contribution is 2.30. The number of nitrogens with one attached hydrogen (secondary N) is 1. The van der Waals surface area contributed by atoms with Gasteiger partial charge in [0.2, 0.25) is 15.9 Å². The molecule has 0 aliphatic carbocycles. The largest absolute Gasteiger partial charge is 0.465 e. The topological polar surface area (TPSA) is 106 Å². The standard InChI is InChI=1S/C25H29N3O5S/c1-17(2)19-8-10-21(11-9-19)26-25(29)20-6-4-14-28(16-20)34(30,31)24-18(3)27-33-23(24)13-12-22-7-5-15-32-22/h5,7-13,15,17,20H,4,6,14,16H2,1-3H3,(H,26,29)/b13-12+/t20-/m1/s1. The van der Waals surface area contributed by atoms with Gasteiger partial charge in [0.25, 0.3) is 0 Å². The van der Waals surface area contributed by atoms with Crippen molar-refractivity contribution in [3.63, 3.8) is 0 Å². The third-order valence-corrected chi connectivity index (χ3v) is 8.00. The Morgan fingerprint density at radius 3 is 2.65 bits per heavy atom. The van der Waals surface area contributed by atoms with E-state index >= 15 is 0 Å². The van der Waals surface area contributed by atoms with E-state index in [4.69, 9.17) is 8.94 Å². The smallest absolute Gasteiger partial charge is 0.248 e. The lowest BCUT2D eigenvalue weighted by atomic mass is 9.98. The van der Waals surface area contributed by atoms with Crippen LogP contribution in [-0.4, -0.2) is 36.9 Å². The van der Waals surface area contributed by atoms with Gasteiger partial charge in [-0.25, -0.2) is 8.42 Å². The Kier molecular flexibility index (Phi) is 7.04. The van der Waals surface area contributed by atoms with Crippen molar-refractivity contribution in [2.45, 2.75) is 44.4 Å². The number of rotatable bonds is 7. The van der Waals surface area contributed by atoms with Gasteiger partial charge in [-0.15, -0.1) is 0 Å². The molecule has 1 amide bonds. The van der Waals surface area contributed by atoms with E-state index in [1.807, 2.05) is 24.3 Å². The van der Waals surface area contributed by atoms with E-state index < -0.39 is 15.9 Å². The van der Waals surface area contributed by atoms with Crippen LogP contribution >= 0.6 is 0 Å². The number of amides is 1. The molecule has 8 nitrogen and oxygen atoms in total. The fourth-order valence-electron chi connectivity index (χ4n) is 4.04. The molecule has 4 rings (SSSR count). The molecule has 1 aliphatic rings. The highest BCUT2D eigenvalue weighted by atomic mass is 32.2. The van der Waals surface area contributed by atoms with E-state index in [1.54, 1.807) is 25.1 Å². The molecule has 1 fully saturated rings. The third kappa shape index (κ3) is 5.15. The molecule has 1 atom stereocenters. The number of carbonyl (C=O) groups excluding carboxylic acids is 1. The molecule has 34 heavy (non-hydrogen) atoms. The number of furan rings is 1. The normalized spacial score (nSPS) is 17.5. The molecule has 1 aliphatic heterocycles. The summed E-state index contributed by atoms with van der Waals surface area (Å²) in [6.45, 7) is 6.25. The van der Waals surface area contributed by atoms with E-state index in [0.717, 1.165) is 0 Å². The summed E-state index contributed by atoms with van der Waals surface area (Å²) in [4.78, 5) is 12.9. The second-order valence-corrected chi connectivity index (χ2v) is 10.7. The van der Waals surface area contributed by atoms with Crippen LogP contribution in [0, 0.1) is 12.8 Å². The van der Waals surface area contributed by atoms with Crippen LogP contribution < -0.4 is 5.32 Å². The molecule has 0 radical (unpaired) electrons. The van der Waals surface area contributed by atoms with Crippen molar-refractivity contribution in [2.24, 2.45) is 5.92 Å². The number of anilines is 1. The molecule has 1 N–H and O–H groups in total. The molecule has 0 spiro atoms. The average molecular weight is 484 g/mol. The quantitative estimate of drug-likeness (QED) is 0.512. The van der Waals surface area contributed by atoms with Crippen molar-refractivity contribution in [1.29, 1.82) is 0 Å². The Hall–Kier alpha value is -3.17. The molecule has 1 aromatic carbocycles. The lowest BCUT2D eigenvalue weighted by molar-refractivity contribution is -0.120. The van der Waals surface area contributed by atoms with Gasteiger partial charge in [-0.2, -0.15) is 4.31 Å². The molecule has 1 saturated heterocycles. The summed E-state index contributed by atoms with van der Waals surface area (Å²) in [5.41, 5.74) is 2.17. The number of piperidine rings is 1. The minimum atomic E-state index is -3.91. The molecule has 2 aromatic heterocycles. The monoisotopic (exact) mass is 483 g/mol. The zero-order valence-electron chi connectivity index (χ0n) is 19.5. The van der Waals surface area contributed by atoms with Crippen LogP contribution in [0.5, 0.6) is 0 Å². The summed E-state index contributed by atoms with van der Waals surface area (Å²) in [6.07, 6.45) is 5.89. The van der Waals surface area contributed by atoms with Crippen molar-refractivity contribution in [2.75, 3.05) is 18.4 Å². The number of hydrogen-bond acceptors (Lipinski definition) is 6. The molecule has 3 aromatic rings. The molecule has 3 heterocycles. The second-order valence-electron chi connectivity index (χ2n) is 8.78. The summed E-state index contributed by atoms with van der Waals surface area (Å²) in [5, 5.41) is 6.80. The summed E-state index contributed by atoms with van der Waals surface area (Å²) in [5.74, 6) is 0.466. The highest BCUT2D eigenvalue weighted by Gasteiger charge is 2.37. The van der Waals surface area contributed by atoms with Gasteiger partial charge in [-0.3, -0.25) is 4.79 Å². The first-order valence-corrected chi connectivity index (χ1v) is 12.8. The molecule has 9 heteroatoms. The number of aryl methyl sites for hydroxylation is 1. The van der Waals surface area contributed by atoms with Crippen LogP contribution in [0.1, 0.15) is 55.4 Å². The van der Waals surface area contributed by atoms with Gasteiger partial charge < -0.3 is 14.3 Å². The number of sulfonamides is 1. The predicted molar refractivity (Wildman–Crippen MR) is 130 cm³/mol. The molecule has 0 unspecified atom stereocenters. The maximum Gasteiger partial charge on any atom is 0.248 e. The zero-order chi connectivity index (χ0) is 24.3. The summed E-state index contributed by atoms with van der Waals surface area (Å²) < 4.78 is 38.9. The van der Waals surface area contributed by atoms with Crippen LogP contribution in [-0.2, 0) is 14.8 Å². The molecule has 180 valence electrons. The Labute approximate surface area is 199 Å². The molecular formula is C25H29N3O5S. The zero-order valence-corrected chi connectivity index (χ0v) is 20.3. The third-order valence-electron chi connectivity index (χ3n) is 5.97. The van der Waals surface area contributed by atoms with E-state index in [-0.39, 0.29) is 28.8 Å². The average Bonchev–Trinajstić information content (AvgIpc) is 3.47. The van der Waals surface area contributed by atoms with Gasteiger partial charge in [0.15, 0.2) is 10.7 Å². The van der Waals surface area contributed by atoms with Gasteiger partial charge in [-0.05, 0) is 67.7 Å². The highest BCUT2D eigenvalue weighted by molar-refractivity contribution is 7.89. The van der Waals surface area contributed by atoms with Crippen LogP contribution in [0.15, 0.2) is 56.5 Å². The molecular weight excluding hydrogens is 454 g/mol. The first kappa shape index (κ1) is 24.0. The van der Waals surface area contributed by atoms with Crippen molar-refractivity contribution in [1.82, 2.24) is 9.46 Å². The number of hydrogen-bond donors (Lipinski definition) is 1. The van der Waals surface area contributed by atoms with Crippen LogP contribution in [0.4, 0.5) is 5.69 Å². The Morgan fingerprint density at radius 2 is 1.97 bits per heavy atom. The lowest BCUT2D eigenvalue weighted by Gasteiger charge is -2.31. The fourth-order valence-corrected chi connectivity index (χ4v) is 5.82. The maximum atomic E-state index is 13.5. The van der Waals surface area contributed by atoms with E-state index in [2.05, 4.69) is 24.3 Å². The SMILES string of the molecule is Cc1noc(/C=C/c2ccco2)c1S(=O)(=O)N1CCC[C@@H](C(=O)Nc2ccc(C(C)C)cc2)C1. The van der Waals surface area contributed by atoms with Crippen molar-refractivity contribution in [3.05, 3.63) is 65.4 Å². The van der Waals surface area contributed by atoms with E-state index in [9.17, 15) is 13.2 Å².